The highest BCUT2D eigenvalue weighted by Crippen LogP contribution is 2.29. The minimum absolute atomic E-state index is 0.0610. The van der Waals surface area contributed by atoms with Gasteiger partial charge in [0, 0.05) is 18.5 Å². The van der Waals surface area contributed by atoms with Gasteiger partial charge in [-0.3, -0.25) is 4.79 Å². The lowest BCUT2D eigenvalue weighted by atomic mass is 10.0. The van der Waals surface area contributed by atoms with Crippen LogP contribution in [0.2, 0.25) is 0 Å². The lowest BCUT2D eigenvalue weighted by Crippen LogP contribution is -2.34. The smallest absolute Gasteiger partial charge is 0.376 e. The highest BCUT2D eigenvalue weighted by Gasteiger charge is 2.36. The molecule has 1 aromatic carbocycles. The molecule has 1 unspecified atom stereocenters. The monoisotopic (exact) mass is 309 g/mol. The predicted octanol–water partition coefficient (Wildman–Crippen LogP) is 2.21. The summed E-state index contributed by atoms with van der Waals surface area (Å²) in [6, 6.07) is 4.38. The van der Waals surface area contributed by atoms with Crippen LogP contribution in [0, 0.1) is 11.8 Å². The molecule has 0 aromatic heterocycles. The van der Waals surface area contributed by atoms with E-state index in [1.807, 2.05) is 0 Å². The summed E-state index contributed by atoms with van der Waals surface area (Å²) >= 11 is 0. The fraction of sp³-hybridized carbons (Fsp3) is 0.312. The Labute approximate surface area is 126 Å². The summed E-state index contributed by atoms with van der Waals surface area (Å²) in [4.78, 5) is 12.9. The molecule has 0 spiro atoms. The average Bonchev–Trinajstić information content (AvgIpc) is 2.87. The lowest BCUT2D eigenvalue weighted by Gasteiger charge is -2.16. The molecule has 6 heteroatoms. The van der Waals surface area contributed by atoms with E-state index in [2.05, 4.69) is 18.4 Å². The number of amides is 1. The minimum Gasteiger partial charge on any atom is -0.376 e. The summed E-state index contributed by atoms with van der Waals surface area (Å²) in [6.45, 7) is 3.80. The molecule has 1 N–H and O–H groups in total. The van der Waals surface area contributed by atoms with Gasteiger partial charge in [-0.1, -0.05) is 18.4 Å². The summed E-state index contributed by atoms with van der Waals surface area (Å²) in [5, 5.41) is 10.3. The van der Waals surface area contributed by atoms with Crippen molar-refractivity contribution in [2.24, 2.45) is 0 Å². The molecule has 3 nitrogen and oxygen atoms in total. The molecule has 1 heterocycles. The van der Waals surface area contributed by atoms with Gasteiger partial charge in [-0.15, -0.1) is 0 Å². The Morgan fingerprint density at radius 2 is 2.00 bits per heavy atom. The standard InChI is InChI=1S/C16H14F3NO2/c1-2-14(21)20-10-9-15(22,11-20)8-7-12-3-5-13(6-4-12)16(17,18)19/h2-6,22H,1,9-11H2. The summed E-state index contributed by atoms with van der Waals surface area (Å²) in [6.07, 6.45) is -2.93. The average molecular weight is 309 g/mol. The quantitative estimate of drug-likeness (QED) is 0.638. The Morgan fingerprint density at radius 1 is 1.36 bits per heavy atom. The maximum atomic E-state index is 12.4. The van der Waals surface area contributed by atoms with Gasteiger partial charge in [-0.2, -0.15) is 13.2 Å². The van der Waals surface area contributed by atoms with Gasteiger partial charge in [0.05, 0.1) is 12.1 Å². The lowest BCUT2D eigenvalue weighted by molar-refractivity contribution is -0.137. The summed E-state index contributed by atoms with van der Waals surface area (Å²) in [7, 11) is 0. The normalized spacial score (nSPS) is 21.2. The molecule has 1 aliphatic rings. The van der Waals surface area contributed by atoms with Gasteiger partial charge in [0.2, 0.25) is 5.91 Å². The van der Waals surface area contributed by atoms with Crippen LogP contribution in [0.5, 0.6) is 0 Å². The molecule has 1 atom stereocenters. The van der Waals surface area contributed by atoms with Crippen LogP contribution in [-0.4, -0.2) is 34.6 Å². The van der Waals surface area contributed by atoms with Crippen molar-refractivity contribution in [3.63, 3.8) is 0 Å². The van der Waals surface area contributed by atoms with Crippen LogP contribution in [-0.2, 0) is 11.0 Å². The second-order valence-electron chi connectivity index (χ2n) is 5.07. The Morgan fingerprint density at radius 3 is 2.55 bits per heavy atom. The fourth-order valence-corrected chi connectivity index (χ4v) is 2.14. The molecule has 1 aliphatic heterocycles. The van der Waals surface area contributed by atoms with Crippen LogP contribution in [0.3, 0.4) is 0 Å². The number of alkyl halides is 3. The Hall–Kier alpha value is -2.26. The molecule has 0 radical (unpaired) electrons. The molecule has 0 aliphatic carbocycles. The van der Waals surface area contributed by atoms with E-state index in [1.54, 1.807) is 0 Å². The zero-order valence-corrected chi connectivity index (χ0v) is 11.7. The molecule has 1 aromatic rings. The number of aliphatic hydroxyl groups is 1. The number of nitrogens with zero attached hydrogens (tertiary/aromatic N) is 1. The van der Waals surface area contributed by atoms with Gasteiger partial charge in [0.15, 0.2) is 0 Å². The number of rotatable bonds is 1. The molecule has 116 valence electrons. The molecule has 22 heavy (non-hydrogen) atoms. The van der Waals surface area contributed by atoms with Crippen LogP contribution in [0.1, 0.15) is 17.5 Å². The van der Waals surface area contributed by atoms with Crippen molar-refractivity contribution in [3.05, 3.63) is 48.0 Å². The first kappa shape index (κ1) is 16.1. The first-order valence-corrected chi connectivity index (χ1v) is 6.58. The highest BCUT2D eigenvalue weighted by molar-refractivity contribution is 5.87. The summed E-state index contributed by atoms with van der Waals surface area (Å²) in [5.74, 6) is 5.00. The van der Waals surface area contributed by atoms with E-state index in [0.29, 0.717) is 18.5 Å². The highest BCUT2D eigenvalue weighted by atomic mass is 19.4. The van der Waals surface area contributed by atoms with E-state index in [4.69, 9.17) is 0 Å². The van der Waals surface area contributed by atoms with E-state index in [9.17, 15) is 23.1 Å². The van der Waals surface area contributed by atoms with Crippen molar-refractivity contribution in [2.75, 3.05) is 13.1 Å². The molecule has 1 fully saturated rings. The van der Waals surface area contributed by atoms with E-state index in [1.165, 1.54) is 17.0 Å². The van der Waals surface area contributed by atoms with Crippen LogP contribution in [0.4, 0.5) is 13.2 Å². The minimum atomic E-state index is -4.39. The maximum Gasteiger partial charge on any atom is 0.416 e. The van der Waals surface area contributed by atoms with Gasteiger partial charge in [0.25, 0.3) is 0 Å². The molecule has 0 saturated carbocycles. The molecular weight excluding hydrogens is 295 g/mol. The number of β-amino-alcohol motifs (C(OH)–C–C–N with tert-alkyl or cyclic N) is 1. The largest absolute Gasteiger partial charge is 0.416 e. The topological polar surface area (TPSA) is 40.5 Å². The van der Waals surface area contributed by atoms with Gasteiger partial charge in [-0.25, -0.2) is 0 Å². The zero-order chi connectivity index (χ0) is 16.4. The van der Waals surface area contributed by atoms with E-state index in [-0.39, 0.29) is 12.5 Å². The fourth-order valence-electron chi connectivity index (χ4n) is 2.14. The SMILES string of the molecule is C=CC(=O)N1CCC(O)(C#Cc2ccc(C(F)(F)F)cc2)C1. The second kappa shape index (κ2) is 5.85. The van der Waals surface area contributed by atoms with Crippen molar-refractivity contribution < 1.29 is 23.1 Å². The van der Waals surface area contributed by atoms with Crippen LogP contribution >= 0.6 is 0 Å². The Bertz CT molecular complexity index is 640. The van der Waals surface area contributed by atoms with Gasteiger partial charge < -0.3 is 10.0 Å². The molecule has 0 bridgehead atoms. The van der Waals surface area contributed by atoms with Crippen molar-refractivity contribution in [1.82, 2.24) is 4.90 Å². The number of likely N-dealkylation sites (tertiary alicyclic amines) is 1. The number of hydrogen-bond acceptors (Lipinski definition) is 2. The van der Waals surface area contributed by atoms with Crippen LogP contribution in [0.25, 0.3) is 0 Å². The van der Waals surface area contributed by atoms with Crippen LogP contribution in [0.15, 0.2) is 36.9 Å². The summed E-state index contributed by atoms with van der Waals surface area (Å²) < 4.78 is 37.3. The van der Waals surface area contributed by atoms with Crippen molar-refractivity contribution in [2.45, 2.75) is 18.2 Å². The van der Waals surface area contributed by atoms with Crippen molar-refractivity contribution in [1.29, 1.82) is 0 Å². The van der Waals surface area contributed by atoms with Crippen molar-refractivity contribution >= 4 is 5.91 Å². The first-order valence-electron chi connectivity index (χ1n) is 6.58. The number of benzene rings is 1. The van der Waals surface area contributed by atoms with Crippen LogP contribution < -0.4 is 0 Å². The third-order valence-electron chi connectivity index (χ3n) is 3.39. The van der Waals surface area contributed by atoms with E-state index in [0.717, 1.165) is 18.2 Å². The molecule has 1 saturated heterocycles. The molecule has 2 rings (SSSR count). The van der Waals surface area contributed by atoms with E-state index >= 15 is 0 Å². The number of hydrogen-bond donors (Lipinski definition) is 1. The number of halogens is 3. The van der Waals surface area contributed by atoms with Gasteiger partial charge in [-0.05, 0) is 30.3 Å². The maximum absolute atomic E-state index is 12.4. The van der Waals surface area contributed by atoms with Gasteiger partial charge in [0.1, 0.15) is 5.60 Å². The van der Waals surface area contributed by atoms with Gasteiger partial charge >= 0.3 is 6.18 Å². The Kier molecular flexibility index (Phi) is 4.29. The Balaban J connectivity index is 2.10. The molecule has 1 amide bonds. The predicted molar refractivity (Wildman–Crippen MR) is 74.7 cm³/mol. The number of carbonyl (C=O) groups excluding carboxylic acids is 1. The first-order chi connectivity index (χ1) is 10.2. The third kappa shape index (κ3) is 3.68. The summed E-state index contributed by atoms with van der Waals surface area (Å²) in [5.41, 5.74) is -1.73. The molecular formula is C16H14F3NO2. The van der Waals surface area contributed by atoms with Crippen molar-refractivity contribution in [3.8, 4) is 11.8 Å². The van der Waals surface area contributed by atoms with E-state index < -0.39 is 17.3 Å². The number of carbonyl (C=O) groups is 1. The second-order valence-corrected chi connectivity index (χ2v) is 5.07. The third-order valence-corrected chi connectivity index (χ3v) is 3.39. The zero-order valence-electron chi connectivity index (χ0n) is 11.7.